The monoisotopic (exact) mass is 407 g/mol. The van der Waals surface area contributed by atoms with Gasteiger partial charge in [-0.15, -0.1) is 12.4 Å². The van der Waals surface area contributed by atoms with Gasteiger partial charge >= 0.3 is 0 Å². The van der Waals surface area contributed by atoms with E-state index in [1.807, 2.05) is 18.2 Å². The van der Waals surface area contributed by atoms with Gasteiger partial charge in [0.15, 0.2) is 11.5 Å². The van der Waals surface area contributed by atoms with Gasteiger partial charge in [0.05, 0.1) is 13.7 Å². The van der Waals surface area contributed by atoms with Crippen LogP contribution in [0.2, 0.25) is 0 Å². The molecule has 0 spiro atoms. The zero-order chi connectivity index (χ0) is 19.5. The predicted molar refractivity (Wildman–Crippen MR) is 118 cm³/mol. The number of halogens is 1. The van der Waals surface area contributed by atoms with Crippen LogP contribution in [0.3, 0.4) is 0 Å². The summed E-state index contributed by atoms with van der Waals surface area (Å²) in [6.45, 7) is 8.41. The Morgan fingerprint density at radius 2 is 1.46 bits per heavy atom. The van der Waals surface area contributed by atoms with E-state index in [4.69, 9.17) is 9.47 Å². The van der Waals surface area contributed by atoms with Gasteiger partial charge in [0.1, 0.15) is 5.75 Å². The van der Waals surface area contributed by atoms with E-state index < -0.39 is 0 Å². The Bertz CT molecular complexity index is 670. The van der Waals surface area contributed by atoms with Gasteiger partial charge in [-0.05, 0) is 67.7 Å². The van der Waals surface area contributed by atoms with Crippen LogP contribution in [-0.4, -0.2) is 43.4 Å². The van der Waals surface area contributed by atoms with Crippen LogP contribution in [-0.2, 0) is 12.8 Å². The van der Waals surface area contributed by atoms with Gasteiger partial charge in [-0.2, -0.15) is 0 Å². The van der Waals surface area contributed by atoms with Gasteiger partial charge in [0.2, 0.25) is 0 Å². The zero-order valence-electron chi connectivity index (χ0n) is 17.3. The molecule has 0 unspecified atom stereocenters. The lowest BCUT2D eigenvalue weighted by Crippen LogP contribution is -2.27. The minimum absolute atomic E-state index is 0. The van der Waals surface area contributed by atoms with E-state index in [2.05, 4.69) is 30.9 Å². The van der Waals surface area contributed by atoms with Gasteiger partial charge in [0, 0.05) is 13.0 Å². The number of aromatic hydroxyl groups is 1. The van der Waals surface area contributed by atoms with E-state index in [1.54, 1.807) is 19.2 Å². The molecule has 0 saturated heterocycles. The van der Waals surface area contributed by atoms with Crippen molar-refractivity contribution in [3.05, 3.63) is 53.6 Å². The Hall–Kier alpha value is -1.91. The van der Waals surface area contributed by atoms with Crippen molar-refractivity contribution < 1.29 is 14.6 Å². The number of nitrogens with zero attached hydrogens (tertiary/aromatic N) is 1. The Morgan fingerprint density at radius 1 is 0.821 bits per heavy atom. The summed E-state index contributed by atoms with van der Waals surface area (Å²) in [5.74, 6) is 1.85. The van der Waals surface area contributed by atoms with Gasteiger partial charge in [-0.3, -0.25) is 0 Å². The van der Waals surface area contributed by atoms with Crippen LogP contribution in [0, 0.1) is 0 Å². The highest BCUT2D eigenvalue weighted by atomic mass is 35.5. The number of methoxy groups -OCH3 is 1. The van der Waals surface area contributed by atoms with E-state index in [9.17, 15) is 5.11 Å². The molecule has 0 bridgehead atoms. The fourth-order valence-electron chi connectivity index (χ4n) is 3.19. The topological polar surface area (TPSA) is 41.9 Å². The fraction of sp³-hybridized carbons (Fsp3) is 0.478. The minimum Gasteiger partial charge on any atom is -0.508 e. The quantitative estimate of drug-likeness (QED) is 0.531. The molecular formula is C23H34ClNO3. The first kappa shape index (κ1) is 24.1. The summed E-state index contributed by atoms with van der Waals surface area (Å²) in [5.41, 5.74) is 2.41. The van der Waals surface area contributed by atoms with Crippen LogP contribution in [0.4, 0.5) is 0 Å². The molecule has 2 aromatic carbocycles. The highest BCUT2D eigenvalue weighted by molar-refractivity contribution is 5.85. The average molecular weight is 408 g/mol. The van der Waals surface area contributed by atoms with E-state index in [0.717, 1.165) is 49.5 Å². The van der Waals surface area contributed by atoms with Crippen molar-refractivity contribution in [3.8, 4) is 17.2 Å². The number of benzene rings is 2. The Morgan fingerprint density at radius 3 is 2.07 bits per heavy atom. The maximum absolute atomic E-state index is 9.36. The molecule has 0 aliphatic heterocycles. The third kappa shape index (κ3) is 7.99. The van der Waals surface area contributed by atoms with E-state index in [0.29, 0.717) is 6.61 Å². The van der Waals surface area contributed by atoms with Crippen molar-refractivity contribution in [2.45, 2.75) is 39.5 Å². The molecule has 2 rings (SSSR count). The summed E-state index contributed by atoms with van der Waals surface area (Å²) in [5, 5.41) is 9.36. The first-order valence-corrected chi connectivity index (χ1v) is 9.96. The molecule has 0 heterocycles. The molecule has 0 fully saturated rings. The molecular weight excluding hydrogens is 374 g/mol. The van der Waals surface area contributed by atoms with Crippen LogP contribution in [0.15, 0.2) is 42.5 Å². The first-order chi connectivity index (χ1) is 13.2. The third-order valence-corrected chi connectivity index (χ3v) is 4.61. The number of hydrogen-bond donors (Lipinski definition) is 1. The van der Waals surface area contributed by atoms with Crippen LogP contribution < -0.4 is 9.47 Å². The van der Waals surface area contributed by atoms with Crippen LogP contribution in [0.25, 0.3) is 0 Å². The molecule has 2 aromatic rings. The Labute approximate surface area is 175 Å². The van der Waals surface area contributed by atoms with Crippen molar-refractivity contribution >= 4 is 12.4 Å². The van der Waals surface area contributed by atoms with Crippen molar-refractivity contribution in [2.75, 3.05) is 33.4 Å². The van der Waals surface area contributed by atoms with Gasteiger partial charge in [0.25, 0.3) is 0 Å². The Balaban J connectivity index is 0.00000392. The molecule has 28 heavy (non-hydrogen) atoms. The smallest absolute Gasteiger partial charge is 0.161 e. The average Bonchev–Trinajstić information content (AvgIpc) is 2.68. The molecule has 5 heteroatoms. The number of hydrogen-bond acceptors (Lipinski definition) is 4. The largest absolute Gasteiger partial charge is 0.508 e. The number of ether oxygens (including phenoxy) is 2. The minimum atomic E-state index is 0. The third-order valence-electron chi connectivity index (χ3n) is 4.61. The van der Waals surface area contributed by atoms with Crippen molar-refractivity contribution in [3.63, 3.8) is 0 Å². The van der Waals surface area contributed by atoms with Crippen molar-refractivity contribution in [1.82, 2.24) is 4.90 Å². The lowest BCUT2D eigenvalue weighted by Gasteiger charge is -2.21. The maximum Gasteiger partial charge on any atom is 0.161 e. The van der Waals surface area contributed by atoms with Crippen molar-refractivity contribution in [1.29, 1.82) is 0 Å². The zero-order valence-corrected chi connectivity index (χ0v) is 18.1. The standard InChI is InChI=1S/C23H33NO3.ClH/c1-4-14-24(15-5-2)16-12-20-8-11-22(26-3)23(18-20)27-17-13-19-6-9-21(25)10-7-19;/h6-11,18,25H,4-5,12-17H2,1-3H3;1H. The Kier molecular flexibility index (Phi) is 11.5. The fourth-order valence-corrected chi connectivity index (χ4v) is 3.19. The molecule has 0 saturated carbocycles. The maximum atomic E-state index is 9.36. The van der Waals surface area contributed by atoms with Crippen LogP contribution in [0.5, 0.6) is 17.2 Å². The summed E-state index contributed by atoms with van der Waals surface area (Å²) < 4.78 is 11.5. The summed E-state index contributed by atoms with van der Waals surface area (Å²) >= 11 is 0. The predicted octanol–water partition coefficient (Wildman–Crippen LogP) is 5.11. The highest BCUT2D eigenvalue weighted by Gasteiger charge is 2.08. The molecule has 0 aromatic heterocycles. The molecule has 0 aliphatic rings. The van der Waals surface area contributed by atoms with E-state index in [-0.39, 0.29) is 18.2 Å². The van der Waals surface area contributed by atoms with Gasteiger partial charge in [-0.25, -0.2) is 0 Å². The number of phenols is 1. The molecule has 0 radical (unpaired) electrons. The van der Waals surface area contributed by atoms with Gasteiger partial charge in [-0.1, -0.05) is 32.0 Å². The van der Waals surface area contributed by atoms with E-state index in [1.165, 1.54) is 18.4 Å². The second-order valence-electron chi connectivity index (χ2n) is 6.84. The van der Waals surface area contributed by atoms with Crippen molar-refractivity contribution in [2.24, 2.45) is 0 Å². The second-order valence-corrected chi connectivity index (χ2v) is 6.84. The summed E-state index contributed by atoms with van der Waals surface area (Å²) in [7, 11) is 1.67. The normalized spacial score (nSPS) is 10.6. The SMILES string of the molecule is CCCN(CCC)CCc1ccc(OC)c(OCCc2ccc(O)cc2)c1.Cl. The molecule has 1 N–H and O–H groups in total. The molecule has 0 atom stereocenters. The molecule has 4 nitrogen and oxygen atoms in total. The number of rotatable bonds is 12. The summed E-state index contributed by atoms with van der Waals surface area (Å²) in [6.07, 6.45) is 4.18. The van der Waals surface area contributed by atoms with E-state index >= 15 is 0 Å². The second kappa shape index (κ2) is 13.3. The molecule has 0 aliphatic carbocycles. The lowest BCUT2D eigenvalue weighted by atomic mass is 10.1. The summed E-state index contributed by atoms with van der Waals surface area (Å²) in [4.78, 5) is 2.52. The van der Waals surface area contributed by atoms with Crippen LogP contribution >= 0.6 is 12.4 Å². The summed E-state index contributed by atoms with van der Waals surface area (Å²) in [6, 6.07) is 13.5. The van der Waals surface area contributed by atoms with Gasteiger partial charge < -0.3 is 19.5 Å². The number of phenolic OH excluding ortho intramolecular Hbond substituents is 1. The molecule has 156 valence electrons. The lowest BCUT2D eigenvalue weighted by molar-refractivity contribution is 0.277. The first-order valence-electron chi connectivity index (χ1n) is 9.96. The highest BCUT2D eigenvalue weighted by Crippen LogP contribution is 2.28. The molecule has 0 amide bonds. The van der Waals surface area contributed by atoms with Crippen LogP contribution in [0.1, 0.15) is 37.8 Å².